The second-order valence-electron chi connectivity index (χ2n) is 3.74. The zero-order valence-corrected chi connectivity index (χ0v) is 8.94. The van der Waals surface area contributed by atoms with Gasteiger partial charge in [-0.25, -0.2) is 0 Å². The Hall–Kier alpha value is 0.270. The zero-order chi connectivity index (χ0) is 8.97. The summed E-state index contributed by atoms with van der Waals surface area (Å²) in [5.74, 6) is 2.08. The van der Waals surface area contributed by atoms with Gasteiger partial charge in [0.1, 0.15) is 0 Å². The molecule has 1 heterocycles. The predicted molar refractivity (Wildman–Crippen MR) is 56.6 cm³/mol. The lowest BCUT2D eigenvalue weighted by molar-refractivity contribution is 0.275. The Morgan fingerprint density at radius 2 is 2.33 bits per heavy atom. The Bertz CT molecular complexity index is 126. The molecule has 0 aromatic heterocycles. The van der Waals surface area contributed by atoms with Gasteiger partial charge in [0.2, 0.25) is 0 Å². The molecule has 1 rings (SSSR count). The molecule has 1 atom stereocenters. The number of rotatable bonds is 3. The summed E-state index contributed by atoms with van der Waals surface area (Å²) in [6, 6.07) is 0. The van der Waals surface area contributed by atoms with Gasteiger partial charge in [0.25, 0.3) is 0 Å². The van der Waals surface area contributed by atoms with Crippen LogP contribution in [0.4, 0.5) is 0 Å². The summed E-state index contributed by atoms with van der Waals surface area (Å²) in [7, 11) is 0. The molecule has 0 radical (unpaired) electrons. The van der Waals surface area contributed by atoms with Crippen molar-refractivity contribution in [2.75, 3.05) is 31.9 Å². The van der Waals surface area contributed by atoms with Crippen LogP contribution in [0.3, 0.4) is 0 Å². The normalized spacial score (nSPS) is 26.5. The third kappa shape index (κ3) is 2.96. The lowest BCUT2D eigenvalue weighted by Crippen LogP contribution is -2.42. The summed E-state index contributed by atoms with van der Waals surface area (Å²) < 4.78 is 0. The predicted octanol–water partition coefficient (Wildman–Crippen LogP) is 1.02. The van der Waals surface area contributed by atoms with E-state index >= 15 is 0 Å². The molecule has 72 valence electrons. The molecule has 12 heavy (non-hydrogen) atoms. The molecule has 1 aliphatic rings. The van der Waals surface area contributed by atoms with Crippen LogP contribution in [0.5, 0.6) is 0 Å². The van der Waals surface area contributed by atoms with Crippen LogP contribution in [0.1, 0.15) is 13.8 Å². The van der Waals surface area contributed by atoms with E-state index in [-0.39, 0.29) is 0 Å². The average molecular weight is 188 g/mol. The first-order chi connectivity index (χ1) is 5.74. The van der Waals surface area contributed by atoms with Crippen LogP contribution in [0.25, 0.3) is 0 Å². The fourth-order valence-electron chi connectivity index (χ4n) is 1.52. The molecule has 2 nitrogen and oxygen atoms in total. The Balaban J connectivity index is 2.30. The highest BCUT2D eigenvalue weighted by Gasteiger charge is 2.21. The molecule has 3 heteroatoms. The van der Waals surface area contributed by atoms with Gasteiger partial charge >= 0.3 is 0 Å². The molecular formula is C9H20N2S. The lowest BCUT2D eigenvalue weighted by Gasteiger charge is -2.33. The molecule has 1 unspecified atom stereocenters. The first-order valence-corrected chi connectivity index (χ1v) is 5.83. The zero-order valence-electron chi connectivity index (χ0n) is 8.12. The SMILES string of the molecule is CC(C)C1CN(CCN)CCS1. The molecule has 0 saturated carbocycles. The average Bonchev–Trinajstić information content (AvgIpc) is 2.05. The van der Waals surface area contributed by atoms with Crippen LogP contribution in [-0.2, 0) is 0 Å². The standard InChI is InChI=1S/C9H20N2S/c1-8(2)9-7-11(4-3-10)5-6-12-9/h8-9H,3-7,10H2,1-2H3. The minimum atomic E-state index is 0.801. The van der Waals surface area contributed by atoms with Crippen LogP contribution >= 0.6 is 11.8 Å². The minimum absolute atomic E-state index is 0.801. The van der Waals surface area contributed by atoms with Crippen LogP contribution < -0.4 is 5.73 Å². The number of hydrogen-bond donors (Lipinski definition) is 1. The van der Waals surface area contributed by atoms with Gasteiger partial charge < -0.3 is 10.6 Å². The van der Waals surface area contributed by atoms with Crippen molar-refractivity contribution in [3.05, 3.63) is 0 Å². The number of nitrogens with zero attached hydrogens (tertiary/aromatic N) is 1. The van der Waals surface area contributed by atoms with E-state index in [1.54, 1.807) is 0 Å². The van der Waals surface area contributed by atoms with Gasteiger partial charge in [0.15, 0.2) is 0 Å². The summed E-state index contributed by atoms with van der Waals surface area (Å²) in [5, 5.41) is 0.824. The molecule has 0 amide bonds. The Morgan fingerprint density at radius 1 is 1.58 bits per heavy atom. The first kappa shape index (κ1) is 10.4. The summed E-state index contributed by atoms with van der Waals surface area (Å²) in [6.45, 7) is 8.96. The molecule has 1 fully saturated rings. The summed E-state index contributed by atoms with van der Waals surface area (Å²) in [4.78, 5) is 2.49. The largest absolute Gasteiger partial charge is 0.329 e. The molecular weight excluding hydrogens is 168 g/mol. The third-order valence-corrected chi connectivity index (χ3v) is 3.91. The number of thioether (sulfide) groups is 1. The van der Waals surface area contributed by atoms with E-state index in [9.17, 15) is 0 Å². The van der Waals surface area contributed by atoms with Crippen molar-refractivity contribution in [1.29, 1.82) is 0 Å². The number of hydrogen-bond acceptors (Lipinski definition) is 3. The van der Waals surface area contributed by atoms with Gasteiger partial charge in [-0.05, 0) is 5.92 Å². The van der Waals surface area contributed by atoms with Crippen molar-refractivity contribution in [3.8, 4) is 0 Å². The van der Waals surface area contributed by atoms with E-state index in [1.165, 1.54) is 18.8 Å². The molecule has 1 saturated heterocycles. The van der Waals surface area contributed by atoms with Crippen molar-refractivity contribution in [2.24, 2.45) is 11.7 Å². The van der Waals surface area contributed by atoms with E-state index in [0.29, 0.717) is 0 Å². The topological polar surface area (TPSA) is 29.3 Å². The first-order valence-electron chi connectivity index (χ1n) is 4.78. The Kier molecular flexibility index (Phi) is 4.40. The highest BCUT2D eigenvalue weighted by molar-refractivity contribution is 8.00. The van der Waals surface area contributed by atoms with Crippen molar-refractivity contribution >= 4 is 11.8 Å². The fourth-order valence-corrected chi connectivity index (χ4v) is 2.89. The van der Waals surface area contributed by atoms with E-state index in [2.05, 4.69) is 30.5 Å². The van der Waals surface area contributed by atoms with Gasteiger partial charge in [0, 0.05) is 37.2 Å². The van der Waals surface area contributed by atoms with E-state index in [1.807, 2.05) is 0 Å². The van der Waals surface area contributed by atoms with Crippen molar-refractivity contribution < 1.29 is 0 Å². The molecule has 0 spiro atoms. The lowest BCUT2D eigenvalue weighted by atomic mass is 10.1. The maximum absolute atomic E-state index is 5.53. The van der Waals surface area contributed by atoms with Crippen LogP contribution in [0.2, 0.25) is 0 Å². The molecule has 0 bridgehead atoms. The van der Waals surface area contributed by atoms with Gasteiger partial charge in [-0.2, -0.15) is 11.8 Å². The number of nitrogens with two attached hydrogens (primary N) is 1. The van der Waals surface area contributed by atoms with E-state index in [0.717, 1.165) is 24.3 Å². The van der Waals surface area contributed by atoms with Crippen molar-refractivity contribution in [3.63, 3.8) is 0 Å². The highest BCUT2D eigenvalue weighted by atomic mass is 32.2. The van der Waals surface area contributed by atoms with Gasteiger partial charge in [-0.3, -0.25) is 0 Å². The third-order valence-electron chi connectivity index (χ3n) is 2.37. The van der Waals surface area contributed by atoms with Gasteiger partial charge in [0.05, 0.1) is 0 Å². The van der Waals surface area contributed by atoms with Gasteiger partial charge in [-0.1, -0.05) is 13.8 Å². The second-order valence-corrected chi connectivity index (χ2v) is 5.09. The minimum Gasteiger partial charge on any atom is -0.329 e. The van der Waals surface area contributed by atoms with Crippen LogP contribution in [0, 0.1) is 5.92 Å². The molecule has 2 N–H and O–H groups in total. The van der Waals surface area contributed by atoms with E-state index < -0.39 is 0 Å². The molecule has 0 aromatic rings. The summed E-state index contributed by atoms with van der Waals surface area (Å²) in [5.41, 5.74) is 5.53. The van der Waals surface area contributed by atoms with Gasteiger partial charge in [-0.15, -0.1) is 0 Å². The highest BCUT2D eigenvalue weighted by Crippen LogP contribution is 2.24. The van der Waals surface area contributed by atoms with Crippen molar-refractivity contribution in [1.82, 2.24) is 4.90 Å². The van der Waals surface area contributed by atoms with E-state index in [4.69, 9.17) is 5.73 Å². The Morgan fingerprint density at radius 3 is 2.92 bits per heavy atom. The van der Waals surface area contributed by atoms with Crippen LogP contribution in [-0.4, -0.2) is 42.1 Å². The molecule has 0 aromatic carbocycles. The smallest absolute Gasteiger partial charge is 0.0198 e. The van der Waals surface area contributed by atoms with Crippen LogP contribution in [0.15, 0.2) is 0 Å². The second kappa shape index (κ2) is 5.10. The maximum Gasteiger partial charge on any atom is 0.0198 e. The molecule has 1 aliphatic heterocycles. The molecule has 0 aliphatic carbocycles. The fraction of sp³-hybridized carbons (Fsp3) is 1.00. The monoisotopic (exact) mass is 188 g/mol. The maximum atomic E-state index is 5.53. The Labute approximate surface area is 79.9 Å². The summed E-state index contributed by atoms with van der Waals surface area (Å²) in [6.07, 6.45) is 0. The summed E-state index contributed by atoms with van der Waals surface area (Å²) >= 11 is 2.12. The quantitative estimate of drug-likeness (QED) is 0.717. The van der Waals surface area contributed by atoms with Crippen molar-refractivity contribution in [2.45, 2.75) is 19.1 Å².